The van der Waals surface area contributed by atoms with Crippen molar-refractivity contribution in [2.24, 2.45) is 0 Å². The van der Waals surface area contributed by atoms with E-state index < -0.39 is 0 Å². The van der Waals surface area contributed by atoms with Crippen molar-refractivity contribution in [3.63, 3.8) is 0 Å². The number of unbranched alkanes of at least 4 members (excludes halogenated alkanes) is 2. The van der Waals surface area contributed by atoms with Gasteiger partial charge in [0.2, 0.25) is 0 Å². The van der Waals surface area contributed by atoms with E-state index >= 15 is 0 Å². The standard InChI is InChI=1S/C9H20O2/c1-8(10)6-4-3-5-7-9(2)11/h8-11H,3-7H2,1-2H3/t8-,9?/m0/s1. The molecule has 2 heteroatoms. The zero-order valence-corrected chi connectivity index (χ0v) is 7.58. The first-order valence-electron chi connectivity index (χ1n) is 4.49. The Kier molecular flexibility index (Phi) is 6.57. The molecule has 68 valence electrons. The molecule has 0 fully saturated rings. The van der Waals surface area contributed by atoms with Crippen LogP contribution in [0.4, 0.5) is 0 Å². The maximum absolute atomic E-state index is 8.91. The Balaban J connectivity index is 2.91. The highest BCUT2D eigenvalue weighted by atomic mass is 16.3. The monoisotopic (exact) mass is 160 g/mol. The number of hydrogen-bond donors (Lipinski definition) is 2. The summed E-state index contributed by atoms with van der Waals surface area (Å²) in [6, 6.07) is 0. The largest absolute Gasteiger partial charge is 0.393 e. The van der Waals surface area contributed by atoms with Crippen molar-refractivity contribution in [3.05, 3.63) is 0 Å². The molecule has 0 bridgehead atoms. The fourth-order valence-corrected chi connectivity index (χ4v) is 1.06. The van der Waals surface area contributed by atoms with Crippen molar-refractivity contribution < 1.29 is 10.2 Å². The topological polar surface area (TPSA) is 40.5 Å². The van der Waals surface area contributed by atoms with Gasteiger partial charge in [-0.1, -0.05) is 19.3 Å². The van der Waals surface area contributed by atoms with Crippen LogP contribution in [0, 0.1) is 0 Å². The van der Waals surface area contributed by atoms with E-state index in [4.69, 9.17) is 10.2 Å². The van der Waals surface area contributed by atoms with E-state index in [1.54, 1.807) is 0 Å². The Labute approximate surface area is 69.2 Å². The highest BCUT2D eigenvalue weighted by molar-refractivity contribution is 4.51. The van der Waals surface area contributed by atoms with Gasteiger partial charge in [0.1, 0.15) is 0 Å². The van der Waals surface area contributed by atoms with Gasteiger partial charge in [-0.2, -0.15) is 0 Å². The van der Waals surface area contributed by atoms with Gasteiger partial charge in [0.05, 0.1) is 12.2 Å². The third-order valence-corrected chi connectivity index (χ3v) is 1.74. The summed E-state index contributed by atoms with van der Waals surface area (Å²) in [6.07, 6.45) is 4.72. The van der Waals surface area contributed by atoms with E-state index in [1.165, 1.54) is 0 Å². The zero-order chi connectivity index (χ0) is 8.69. The van der Waals surface area contributed by atoms with Crippen molar-refractivity contribution in [1.29, 1.82) is 0 Å². The van der Waals surface area contributed by atoms with Crippen LogP contribution in [0.3, 0.4) is 0 Å². The van der Waals surface area contributed by atoms with E-state index in [1.807, 2.05) is 13.8 Å². The fourth-order valence-electron chi connectivity index (χ4n) is 1.06. The predicted molar refractivity (Wildman–Crippen MR) is 46.4 cm³/mol. The minimum Gasteiger partial charge on any atom is -0.393 e. The van der Waals surface area contributed by atoms with Crippen LogP contribution in [0.25, 0.3) is 0 Å². The van der Waals surface area contributed by atoms with Crippen LogP contribution >= 0.6 is 0 Å². The van der Waals surface area contributed by atoms with Gasteiger partial charge in [-0.05, 0) is 26.7 Å². The average molecular weight is 160 g/mol. The molecule has 0 aliphatic rings. The first-order chi connectivity index (χ1) is 5.13. The maximum atomic E-state index is 8.91. The molecule has 1 unspecified atom stereocenters. The maximum Gasteiger partial charge on any atom is 0.0512 e. The molecule has 2 atom stereocenters. The van der Waals surface area contributed by atoms with Crippen molar-refractivity contribution in [3.8, 4) is 0 Å². The lowest BCUT2D eigenvalue weighted by Crippen LogP contribution is -2.00. The summed E-state index contributed by atoms with van der Waals surface area (Å²) in [5.74, 6) is 0. The number of hydrogen-bond acceptors (Lipinski definition) is 2. The zero-order valence-electron chi connectivity index (χ0n) is 7.58. The lowest BCUT2D eigenvalue weighted by Gasteiger charge is -2.04. The molecule has 0 saturated carbocycles. The van der Waals surface area contributed by atoms with Crippen molar-refractivity contribution in [2.45, 2.75) is 58.2 Å². The van der Waals surface area contributed by atoms with Crippen LogP contribution in [-0.2, 0) is 0 Å². The van der Waals surface area contributed by atoms with E-state index in [0.29, 0.717) is 0 Å². The summed E-state index contributed by atoms with van der Waals surface area (Å²) in [5.41, 5.74) is 0. The molecule has 0 aliphatic carbocycles. The number of rotatable bonds is 6. The van der Waals surface area contributed by atoms with Gasteiger partial charge in [0.15, 0.2) is 0 Å². The average Bonchev–Trinajstić information content (AvgIpc) is 1.85. The third-order valence-electron chi connectivity index (χ3n) is 1.74. The quantitative estimate of drug-likeness (QED) is 0.581. The van der Waals surface area contributed by atoms with Gasteiger partial charge in [-0.25, -0.2) is 0 Å². The van der Waals surface area contributed by atoms with Gasteiger partial charge in [0, 0.05) is 0 Å². The van der Waals surface area contributed by atoms with Crippen LogP contribution in [0.5, 0.6) is 0 Å². The Morgan fingerprint density at radius 2 is 1.18 bits per heavy atom. The van der Waals surface area contributed by atoms with Crippen LogP contribution in [0.15, 0.2) is 0 Å². The third kappa shape index (κ3) is 9.92. The summed E-state index contributed by atoms with van der Waals surface area (Å²) in [5, 5.41) is 17.8. The minimum atomic E-state index is -0.165. The van der Waals surface area contributed by atoms with Crippen molar-refractivity contribution in [2.75, 3.05) is 0 Å². The molecule has 0 rings (SSSR count). The fraction of sp³-hybridized carbons (Fsp3) is 1.00. The second kappa shape index (κ2) is 6.62. The molecule has 11 heavy (non-hydrogen) atoms. The van der Waals surface area contributed by atoms with E-state index in [2.05, 4.69) is 0 Å². The molecule has 2 nitrogen and oxygen atoms in total. The lowest BCUT2D eigenvalue weighted by molar-refractivity contribution is 0.171. The van der Waals surface area contributed by atoms with Gasteiger partial charge >= 0.3 is 0 Å². The summed E-state index contributed by atoms with van der Waals surface area (Å²) in [4.78, 5) is 0. The Morgan fingerprint density at radius 3 is 1.45 bits per heavy atom. The second-order valence-electron chi connectivity index (χ2n) is 3.34. The molecule has 0 radical (unpaired) electrons. The van der Waals surface area contributed by atoms with Crippen LogP contribution < -0.4 is 0 Å². The molecular formula is C9H20O2. The Hall–Kier alpha value is -0.0800. The van der Waals surface area contributed by atoms with Gasteiger partial charge in [0.25, 0.3) is 0 Å². The molecule has 0 aromatic heterocycles. The van der Waals surface area contributed by atoms with Gasteiger partial charge < -0.3 is 10.2 Å². The molecular weight excluding hydrogens is 140 g/mol. The molecule has 0 aromatic carbocycles. The molecule has 2 N–H and O–H groups in total. The predicted octanol–water partition coefficient (Wildman–Crippen LogP) is 1.70. The smallest absolute Gasteiger partial charge is 0.0512 e. The molecule has 0 saturated heterocycles. The second-order valence-corrected chi connectivity index (χ2v) is 3.34. The van der Waals surface area contributed by atoms with Crippen molar-refractivity contribution >= 4 is 0 Å². The molecule has 0 spiro atoms. The first kappa shape index (κ1) is 10.9. The molecule has 0 amide bonds. The summed E-state index contributed by atoms with van der Waals surface area (Å²) in [6.45, 7) is 3.63. The Bertz CT molecular complexity index is 69.6. The van der Waals surface area contributed by atoms with E-state index in [9.17, 15) is 0 Å². The first-order valence-corrected chi connectivity index (χ1v) is 4.49. The van der Waals surface area contributed by atoms with Gasteiger partial charge in [-0.3, -0.25) is 0 Å². The Morgan fingerprint density at radius 1 is 0.818 bits per heavy atom. The van der Waals surface area contributed by atoms with Gasteiger partial charge in [-0.15, -0.1) is 0 Å². The number of aliphatic hydroxyl groups is 2. The molecule has 0 heterocycles. The van der Waals surface area contributed by atoms with Crippen LogP contribution in [0.2, 0.25) is 0 Å². The van der Waals surface area contributed by atoms with Crippen LogP contribution in [-0.4, -0.2) is 22.4 Å². The van der Waals surface area contributed by atoms with E-state index in [0.717, 1.165) is 32.1 Å². The minimum absolute atomic E-state index is 0.165. The van der Waals surface area contributed by atoms with E-state index in [-0.39, 0.29) is 12.2 Å². The summed E-state index contributed by atoms with van der Waals surface area (Å²) >= 11 is 0. The highest BCUT2D eigenvalue weighted by Gasteiger charge is 1.97. The van der Waals surface area contributed by atoms with Crippen molar-refractivity contribution in [1.82, 2.24) is 0 Å². The lowest BCUT2D eigenvalue weighted by atomic mass is 10.1. The SMILES string of the molecule is CC(O)CCCCC[C@H](C)O. The normalized spacial score (nSPS) is 16.4. The van der Waals surface area contributed by atoms with Crippen LogP contribution in [0.1, 0.15) is 46.0 Å². The molecule has 0 aliphatic heterocycles. The number of aliphatic hydroxyl groups excluding tert-OH is 2. The highest BCUT2D eigenvalue weighted by Crippen LogP contribution is 2.06. The molecule has 0 aromatic rings. The summed E-state index contributed by atoms with van der Waals surface area (Å²) < 4.78 is 0. The summed E-state index contributed by atoms with van der Waals surface area (Å²) in [7, 11) is 0.